The lowest BCUT2D eigenvalue weighted by Gasteiger charge is -2.19. The molecule has 0 N–H and O–H groups in total. The van der Waals surface area contributed by atoms with Crippen molar-refractivity contribution >= 4 is 43.6 Å². The van der Waals surface area contributed by atoms with Gasteiger partial charge in [0.2, 0.25) is 0 Å². The maximum atomic E-state index is 14.1. The number of rotatable bonds is 26. The molecular weight excluding hydrogens is 637 g/mol. The first-order valence-electron chi connectivity index (χ1n) is 21.7. The molecule has 0 saturated carbocycles. The van der Waals surface area contributed by atoms with Crippen molar-refractivity contribution < 1.29 is 0 Å². The van der Waals surface area contributed by atoms with Crippen LogP contribution in [-0.4, -0.2) is 9.13 Å². The van der Waals surface area contributed by atoms with E-state index in [1.807, 2.05) is 48.5 Å². The fraction of sp³-hybridized carbons (Fsp3) is 0.583. The molecule has 5 aromatic rings. The minimum Gasteiger partial charge on any atom is -0.340 e. The Bertz CT molecular complexity index is 1790. The molecule has 0 atom stereocenters. The van der Waals surface area contributed by atoms with E-state index in [1.165, 1.54) is 141 Å². The molecule has 0 aliphatic rings. The molecule has 0 aliphatic carbocycles. The molecule has 2 heterocycles. The Morgan fingerprint density at radius 3 is 0.962 bits per heavy atom. The SMILES string of the molecule is CCCCCCCCCCCCCCn1c2ccccc2c(=O)c2cc3c(cc21)c(=O)c1ccccc1n3CCCCCCCCCCCCCC. The molecule has 0 radical (unpaired) electrons. The largest absolute Gasteiger partial charge is 0.340 e. The van der Waals surface area contributed by atoms with Crippen LogP contribution in [0.25, 0.3) is 43.6 Å². The first kappa shape index (κ1) is 39.8. The van der Waals surface area contributed by atoms with Gasteiger partial charge in [-0.2, -0.15) is 0 Å². The number of unbranched alkanes of at least 4 members (excludes halogenated alkanes) is 22. The number of para-hydroxylation sites is 2. The van der Waals surface area contributed by atoms with Gasteiger partial charge in [-0.1, -0.05) is 179 Å². The number of nitrogens with zero attached hydrogens (tertiary/aromatic N) is 2. The van der Waals surface area contributed by atoms with E-state index < -0.39 is 0 Å². The predicted octanol–water partition coefficient (Wildman–Crippen LogP) is 14.0. The fourth-order valence-electron chi connectivity index (χ4n) is 8.44. The number of benzene rings is 3. The first-order chi connectivity index (χ1) is 25.7. The van der Waals surface area contributed by atoms with Gasteiger partial charge in [-0.15, -0.1) is 0 Å². The van der Waals surface area contributed by atoms with Gasteiger partial charge in [0.05, 0.1) is 22.1 Å². The van der Waals surface area contributed by atoms with E-state index in [1.54, 1.807) is 0 Å². The lowest BCUT2D eigenvalue weighted by molar-refractivity contribution is 0.533. The Labute approximate surface area is 314 Å². The number of pyridine rings is 2. The number of aromatic nitrogens is 2. The van der Waals surface area contributed by atoms with Crippen LogP contribution in [0, 0.1) is 0 Å². The van der Waals surface area contributed by atoms with E-state index in [4.69, 9.17) is 0 Å². The van der Waals surface area contributed by atoms with Crippen molar-refractivity contribution in [1.29, 1.82) is 0 Å². The molecule has 282 valence electrons. The van der Waals surface area contributed by atoms with Gasteiger partial charge in [0.1, 0.15) is 0 Å². The molecule has 4 heteroatoms. The first-order valence-corrected chi connectivity index (χ1v) is 21.7. The highest BCUT2D eigenvalue weighted by Crippen LogP contribution is 2.28. The van der Waals surface area contributed by atoms with Crippen molar-refractivity contribution in [1.82, 2.24) is 9.13 Å². The lowest BCUT2D eigenvalue weighted by Crippen LogP contribution is -2.16. The van der Waals surface area contributed by atoms with Gasteiger partial charge in [0.25, 0.3) is 0 Å². The molecule has 2 aromatic heterocycles. The summed E-state index contributed by atoms with van der Waals surface area (Å²) >= 11 is 0. The Hall–Kier alpha value is -3.40. The monoisotopic (exact) mass is 705 g/mol. The summed E-state index contributed by atoms with van der Waals surface area (Å²) in [6.07, 6.45) is 31.5. The standard InChI is InChI=1S/C48H68N2O2/c1-3-5-7-9-11-13-15-17-19-21-23-29-35-49-43-33-27-25-31-39(43)47(51)41-38-46-42(37-45(41)49)48(52)40-32-26-28-34-44(40)50(46)36-30-24-22-20-18-16-14-12-10-8-6-4-2/h25-28,31-34,37-38H,3-24,29-30,35-36H2,1-2H3. The Kier molecular flexibility index (Phi) is 16.8. The third-order valence-corrected chi connectivity index (χ3v) is 11.5. The summed E-state index contributed by atoms with van der Waals surface area (Å²) in [6, 6.07) is 20.2. The van der Waals surface area contributed by atoms with Crippen molar-refractivity contribution in [3.05, 3.63) is 81.1 Å². The number of hydrogen-bond acceptors (Lipinski definition) is 2. The zero-order chi connectivity index (χ0) is 36.4. The third kappa shape index (κ3) is 10.8. The van der Waals surface area contributed by atoms with Crippen LogP contribution in [0.15, 0.2) is 70.3 Å². The van der Waals surface area contributed by atoms with Gasteiger partial charge in [0, 0.05) is 34.6 Å². The summed E-state index contributed by atoms with van der Waals surface area (Å²) in [5.74, 6) is 0. The van der Waals surface area contributed by atoms with Crippen LogP contribution in [0.1, 0.15) is 168 Å². The minimum atomic E-state index is 0.0657. The molecule has 0 unspecified atom stereocenters. The highest BCUT2D eigenvalue weighted by Gasteiger charge is 2.17. The van der Waals surface area contributed by atoms with Crippen LogP contribution in [0.3, 0.4) is 0 Å². The number of fused-ring (bicyclic) bond motifs is 4. The lowest BCUT2D eigenvalue weighted by atomic mass is 10.0. The highest BCUT2D eigenvalue weighted by molar-refractivity contribution is 6.03. The molecular formula is C48H68N2O2. The van der Waals surface area contributed by atoms with Gasteiger partial charge in [-0.25, -0.2) is 0 Å². The quantitative estimate of drug-likeness (QED) is 0.0425. The maximum Gasteiger partial charge on any atom is 0.197 e. The Morgan fingerprint density at radius 2 is 0.635 bits per heavy atom. The molecule has 3 aromatic carbocycles. The van der Waals surface area contributed by atoms with Crippen molar-refractivity contribution in [2.75, 3.05) is 0 Å². The zero-order valence-corrected chi connectivity index (χ0v) is 32.9. The third-order valence-electron chi connectivity index (χ3n) is 11.5. The van der Waals surface area contributed by atoms with E-state index in [9.17, 15) is 9.59 Å². The van der Waals surface area contributed by atoms with Crippen LogP contribution >= 0.6 is 0 Å². The second-order valence-corrected chi connectivity index (χ2v) is 15.7. The van der Waals surface area contributed by atoms with Crippen molar-refractivity contribution in [2.45, 2.75) is 181 Å². The van der Waals surface area contributed by atoms with Gasteiger partial charge in [-0.05, 0) is 49.2 Å². The summed E-state index contributed by atoms with van der Waals surface area (Å²) in [5, 5.41) is 2.99. The topological polar surface area (TPSA) is 44.0 Å². The average Bonchev–Trinajstić information content (AvgIpc) is 3.17. The molecule has 0 bridgehead atoms. The molecule has 4 nitrogen and oxygen atoms in total. The molecule has 0 aliphatic heterocycles. The molecule has 0 fully saturated rings. The highest BCUT2D eigenvalue weighted by atomic mass is 16.1. The van der Waals surface area contributed by atoms with Crippen molar-refractivity contribution in [3.8, 4) is 0 Å². The van der Waals surface area contributed by atoms with Gasteiger partial charge >= 0.3 is 0 Å². The van der Waals surface area contributed by atoms with Crippen LogP contribution in [0.2, 0.25) is 0 Å². The molecule has 0 saturated heterocycles. The molecule has 0 amide bonds. The summed E-state index contributed by atoms with van der Waals surface area (Å²) in [7, 11) is 0. The van der Waals surface area contributed by atoms with Gasteiger partial charge in [-0.3, -0.25) is 9.59 Å². The predicted molar refractivity (Wildman–Crippen MR) is 227 cm³/mol. The van der Waals surface area contributed by atoms with E-state index in [0.29, 0.717) is 0 Å². The Morgan fingerprint density at radius 1 is 0.346 bits per heavy atom. The zero-order valence-electron chi connectivity index (χ0n) is 32.9. The number of hydrogen-bond donors (Lipinski definition) is 0. The van der Waals surface area contributed by atoms with E-state index >= 15 is 0 Å². The van der Waals surface area contributed by atoms with Crippen LogP contribution < -0.4 is 10.9 Å². The summed E-state index contributed by atoms with van der Waals surface area (Å²) < 4.78 is 4.65. The van der Waals surface area contributed by atoms with E-state index in [-0.39, 0.29) is 10.9 Å². The van der Waals surface area contributed by atoms with Crippen LogP contribution in [-0.2, 0) is 13.1 Å². The minimum absolute atomic E-state index is 0.0657. The normalized spacial score (nSPS) is 11.9. The number of aryl methyl sites for hydroxylation is 2. The second-order valence-electron chi connectivity index (χ2n) is 15.7. The maximum absolute atomic E-state index is 14.1. The van der Waals surface area contributed by atoms with Crippen molar-refractivity contribution in [3.63, 3.8) is 0 Å². The van der Waals surface area contributed by atoms with Crippen molar-refractivity contribution in [2.24, 2.45) is 0 Å². The van der Waals surface area contributed by atoms with E-state index in [2.05, 4.69) is 35.1 Å². The smallest absolute Gasteiger partial charge is 0.197 e. The average molecular weight is 705 g/mol. The summed E-state index contributed by atoms with van der Waals surface area (Å²) in [4.78, 5) is 28.2. The van der Waals surface area contributed by atoms with E-state index in [0.717, 1.165) is 69.5 Å². The molecule has 52 heavy (non-hydrogen) atoms. The van der Waals surface area contributed by atoms with Crippen LogP contribution in [0.4, 0.5) is 0 Å². The summed E-state index contributed by atoms with van der Waals surface area (Å²) in [5.41, 5.74) is 3.86. The fourth-order valence-corrected chi connectivity index (χ4v) is 8.44. The molecule has 0 spiro atoms. The summed E-state index contributed by atoms with van der Waals surface area (Å²) in [6.45, 7) is 6.26. The second kappa shape index (κ2) is 22.0. The Balaban J connectivity index is 1.29. The van der Waals surface area contributed by atoms with Gasteiger partial charge < -0.3 is 9.13 Å². The molecule has 5 rings (SSSR count). The van der Waals surface area contributed by atoms with Gasteiger partial charge in [0.15, 0.2) is 10.9 Å². The van der Waals surface area contributed by atoms with Crippen LogP contribution in [0.5, 0.6) is 0 Å².